The molecule has 0 saturated heterocycles. The molecule has 0 fully saturated rings. The minimum absolute atomic E-state index is 0.187. The minimum Gasteiger partial charge on any atom is -0.452 e. The number of carbonyl (C=O) groups is 2. The molecule has 1 atom stereocenters. The summed E-state index contributed by atoms with van der Waals surface area (Å²) in [6, 6.07) is 18.7. The van der Waals surface area contributed by atoms with E-state index in [1.54, 1.807) is 12.1 Å². The fourth-order valence-electron chi connectivity index (χ4n) is 4.10. The van der Waals surface area contributed by atoms with Crippen LogP contribution in [-0.2, 0) is 22.5 Å². The molecule has 3 aromatic rings. The van der Waals surface area contributed by atoms with Crippen LogP contribution >= 0.6 is 0 Å². The SMILES string of the molecule is C[NH+]1CCc2nc3ccccc3c(C(=O)OCC(=O)N(CCC#N)c3ccccc3)c2C1. The van der Waals surface area contributed by atoms with Gasteiger partial charge in [0.15, 0.2) is 6.61 Å². The van der Waals surface area contributed by atoms with Gasteiger partial charge in [-0.25, -0.2) is 4.79 Å². The Balaban J connectivity index is 1.59. The van der Waals surface area contributed by atoms with Crippen LogP contribution < -0.4 is 9.80 Å². The van der Waals surface area contributed by atoms with Crippen molar-refractivity contribution in [1.29, 1.82) is 5.26 Å². The van der Waals surface area contributed by atoms with Gasteiger partial charge in [-0.05, 0) is 18.2 Å². The van der Waals surface area contributed by atoms with E-state index in [4.69, 9.17) is 15.0 Å². The molecule has 1 amide bonds. The van der Waals surface area contributed by atoms with E-state index < -0.39 is 12.6 Å². The first-order valence-electron chi connectivity index (χ1n) is 10.7. The van der Waals surface area contributed by atoms with Crippen molar-refractivity contribution in [2.75, 3.05) is 31.6 Å². The Morgan fingerprint density at radius 3 is 2.69 bits per heavy atom. The van der Waals surface area contributed by atoms with Crippen LogP contribution in [-0.4, -0.2) is 43.6 Å². The summed E-state index contributed by atoms with van der Waals surface area (Å²) in [5, 5.41) is 9.70. The van der Waals surface area contributed by atoms with Gasteiger partial charge in [0.05, 0.1) is 42.9 Å². The summed E-state index contributed by atoms with van der Waals surface area (Å²) in [6.45, 7) is 1.48. The lowest BCUT2D eigenvalue weighted by atomic mass is 9.96. The molecule has 7 nitrogen and oxygen atoms in total. The number of quaternary nitrogens is 1. The molecule has 0 spiro atoms. The van der Waals surface area contributed by atoms with Crippen molar-refractivity contribution >= 4 is 28.5 Å². The molecule has 1 aliphatic rings. The number of benzene rings is 2. The van der Waals surface area contributed by atoms with Crippen molar-refractivity contribution in [3.05, 3.63) is 71.4 Å². The molecule has 0 radical (unpaired) electrons. The minimum atomic E-state index is -0.517. The highest BCUT2D eigenvalue weighted by Gasteiger charge is 2.28. The highest BCUT2D eigenvalue weighted by Crippen LogP contribution is 2.26. The Kier molecular flexibility index (Phi) is 6.43. The topological polar surface area (TPSA) is 87.7 Å². The number of hydrogen-bond donors (Lipinski definition) is 1. The van der Waals surface area contributed by atoms with Gasteiger partial charge in [0, 0.05) is 29.6 Å². The van der Waals surface area contributed by atoms with E-state index in [-0.39, 0.29) is 18.9 Å². The average Bonchev–Trinajstić information content (AvgIpc) is 2.82. The maximum absolute atomic E-state index is 13.2. The molecule has 0 aliphatic carbocycles. The molecule has 2 aromatic carbocycles. The number of hydrogen-bond acceptors (Lipinski definition) is 5. The van der Waals surface area contributed by atoms with Crippen molar-refractivity contribution in [2.24, 2.45) is 0 Å². The molecule has 0 saturated carbocycles. The van der Waals surface area contributed by atoms with Crippen molar-refractivity contribution in [3.8, 4) is 6.07 Å². The lowest BCUT2D eigenvalue weighted by Gasteiger charge is -2.25. The van der Waals surface area contributed by atoms with Gasteiger partial charge in [-0.1, -0.05) is 36.4 Å². The molecule has 4 rings (SSSR count). The molecule has 1 N–H and O–H groups in total. The van der Waals surface area contributed by atoms with Gasteiger partial charge >= 0.3 is 5.97 Å². The molecule has 1 unspecified atom stereocenters. The third-order valence-corrected chi connectivity index (χ3v) is 5.69. The molecule has 1 aromatic heterocycles. The van der Waals surface area contributed by atoms with Gasteiger partial charge < -0.3 is 14.5 Å². The van der Waals surface area contributed by atoms with E-state index in [2.05, 4.69) is 13.1 Å². The zero-order valence-corrected chi connectivity index (χ0v) is 18.0. The van der Waals surface area contributed by atoms with Gasteiger partial charge in [-0.15, -0.1) is 0 Å². The number of rotatable bonds is 6. The third-order valence-electron chi connectivity index (χ3n) is 5.69. The highest BCUT2D eigenvalue weighted by atomic mass is 16.5. The summed E-state index contributed by atoms with van der Waals surface area (Å²) in [4.78, 5) is 33.7. The van der Waals surface area contributed by atoms with Crippen LogP contribution in [0.3, 0.4) is 0 Å². The average molecular weight is 430 g/mol. The van der Waals surface area contributed by atoms with Gasteiger partial charge in [-0.2, -0.15) is 5.26 Å². The molecule has 7 heteroatoms. The number of likely N-dealkylation sites (N-methyl/N-ethyl adjacent to an activating group) is 1. The van der Waals surface area contributed by atoms with Crippen LogP contribution in [0.5, 0.6) is 0 Å². The largest absolute Gasteiger partial charge is 0.452 e. The number of aromatic nitrogens is 1. The summed E-state index contributed by atoms with van der Waals surface area (Å²) in [5.41, 5.74) is 3.74. The third kappa shape index (κ3) is 4.46. The molecule has 32 heavy (non-hydrogen) atoms. The summed E-state index contributed by atoms with van der Waals surface area (Å²) >= 11 is 0. The van der Waals surface area contributed by atoms with Gasteiger partial charge in [0.25, 0.3) is 5.91 Å². The molecular weight excluding hydrogens is 404 g/mol. The Morgan fingerprint density at radius 1 is 1.16 bits per heavy atom. The number of para-hydroxylation sites is 2. The fourth-order valence-corrected chi connectivity index (χ4v) is 4.10. The lowest BCUT2D eigenvalue weighted by Crippen LogP contribution is -3.08. The van der Waals surface area contributed by atoms with E-state index in [0.717, 1.165) is 35.1 Å². The van der Waals surface area contributed by atoms with E-state index in [1.807, 2.05) is 42.5 Å². The van der Waals surface area contributed by atoms with Crippen LogP contribution in [0.2, 0.25) is 0 Å². The number of nitriles is 1. The number of ether oxygens (including phenoxy) is 1. The van der Waals surface area contributed by atoms with E-state index in [0.29, 0.717) is 17.8 Å². The number of pyridine rings is 1. The first-order chi connectivity index (χ1) is 15.6. The molecular formula is C25H25N4O3+. The maximum Gasteiger partial charge on any atom is 0.339 e. The van der Waals surface area contributed by atoms with E-state index in [9.17, 15) is 9.59 Å². The van der Waals surface area contributed by atoms with E-state index in [1.165, 1.54) is 9.80 Å². The van der Waals surface area contributed by atoms with Crippen LogP contribution in [0.1, 0.15) is 28.0 Å². The Labute approximate surface area is 186 Å². The van der Waals surface area contributed by atoms with Crippen LogP contribution in [0.15, 0.2) is 54.6 Å². The second-order valence-corrected chi connectivity index (χ2v) is 7.93. The maximum atomic E-state index is 13.2. The predicted octanol–water partition coefficient (Wildman–Crippen LogP) is 1.91. The summed E-state index contributed by atoms with van der Waals surface area (Å²) < 4.78 is 5.53. The molecule has 1 aliphatic heterocycles. The van der Waals surface area contributed by atoms with E-state index >= 15 is 0 Å². The zero-order chi connectivity index (χ0) is 22.5. The number of fused-ring (bicyclic) bond motifs is 2. The Bertz CT molecular complexity index is 1190. The summed E-state index contributed by atoms with van der Waals surface area (Å²) in [7, 11) is 2.09. The fraction of sp³-hybridized carbons (Fsp3) is 0.280. The Morgan fingerprint density at radius 2 is 1.91 bits per heavy atom. The second kappa shape index (κ2) is 9.58. The van der Waals surface area contributed by atoms with Crippen molar-refractivity contribution in [1.82, 2.24) is 4.98 Å². The monoisotopic (exact) mass is 429 g/mol. The number of esters is 1. The van der Waals surface area contributed by atoms with Crippen molar-refractivity contribution in [3.63, 3.8) is 0 Å². The normalized spacial score (nSPS) is 14.9. The number of nitrogens with one attached hydrogen (secondary N) is 1. The van der Waals surface area contributed by atoms with Crippen LogP contribution in [0, 0.1) is 11.3 Å². The number of nitrogens with zero attached hydrogens (tertiary/aromatic N) is 3. The predicted molar refractivity (Wildman–Crippen MR) is 120 cm³/mol. The number of anilines is 1. The summed E-state index contributed by atoms with van der Waals surface area (Å²) in [5.74, 6) is -0.883. The molecule has 0 bridgehead atoms. The smallest absolute Gasteiger partial charge is 0.339 e. The number of amides is 1. The van der Waals surface area contributed by atoms with Crippen LogP contribution in [0.4, 0.5) is 5.69 Å². The first kappa shape index (κ1) is 21.5. The quantitative estimate of drug-likeness (QED) is 0.605. The van der Waals surface area contributed by atoms with Gasteiger partial charge in [-0.3, -0.25) is 9.78 Å². The Hall–Kier alpha value is -3.76. The van der Waals surface area contributed by atoms with Crippen molar-refractivity contribution < 1.29 is 19.2 Å². The highest BCUT2D eigenvalue weighted by molar-refractivity contribution is 6.06. The van der Waals surface area contributed by atoms with Gasteiger partial charge in [0.2, 0.25) is 0 Å². The zero-order valence-electron chi connectivity index (χ0n) is 18.0. The molecule has 162 valence electrons. The standard InChI is InChI=1S/C25H24N4O3/c1-28-15-12-22-20(16-28)24(19-10-5-6-11-21(19)27-22)25(31)32-17-23(30)29(14-7-13-26)18-8-3-2-4-9-18/h2-6,8-11H,7,12,14-17H2,1H3/p+1. The van der Waals surface area contributed by atoms with Crippen molar-refractivity contribution in [2.45, 2.75) is 19.4 Å². The summed E-state index contributed by atoms with van der Waals surface area (Å²) in [6.07, 6.45) is 0.980. The van der Waals surface area contributed by atoms with Gasteiger partial charge in [0.1, 0.15) is 6.54 Å². The van der Waals surface area contributed by atoms with Crippen LogP contribution in [0.25, 0.3) is 10.9 Å². The first-order valence-corrected chi connectivity index (χ1v) is 10.7. The second-order valence-electron chi connectivity index (χ2n) is 7.93. The lowest BCUT2D eigenvalue weighted by molar-refractivity contribution is -0.895. The number of carbonyl (C=O) groups excluding carboxylic acids is 2. The molecule has 2 heterocycles.